The highest BCUT2D eigenvalue weighted by Crippen LogP contribution is 2.21. The molecule has 0 aliphatic rings. The number of aryl methyl sites for hydroxylation is 4. The number of likely N-dealkylation sites (N-methyl/N-ethyl adjacent to an activating group) is 1. The molecule has 228 valence electrons. The van der Waals surface area contributed by atoms with Crippen LogP contribution in [0.3, 0.4) is 0 Å². The topological polar surface area (TPSA) is 61.4 Å². The van der Waals surface area contributed by atoms with E-state index in [-0.39, 0.29) is 11.8 Å². The first-order valence-corrected chi connectivity index (χ1v) is 15.9. The third-order valence-corrected chi connectivity index (χ3v) is 8.61. The maximum Gasteiger partial charge on any atom is 0.279 e. The van der Waals surface area contributed by atoms with Gasteiger partial charge in [0.05, 0.1) is 26.2 Å². The molecule has 0 aromatic heterocycles. The monoisotopic (exact) mass is 565 g/mol. The summed E-state index contributed by atoms with van der Waals surface area (Å²) in [6.07, 6.45) is 8.04. The van der Waals surface area contributed by atoms with Crippen LogP contribution >= 0.6 is 0 Å². The van der Waals surface area contributed by atoms with Crippen LogP contribution in [0.5, 0.6) is 0 Å². The Morgan fingerprint density at radius 3 is 1.63 bits per heavy atom. The van der Waals surface area contributed by atoms with E-state index in [0.29, 0.717) is 13.1 Å². The van der Waals surface area contributed by atoms with E-state index in [1.54, 1.807) is 0 Å². The molecule has 0 radical (unpaired) electrons. The first-order chi connectivity index (χ1) is 19.6. The van der Waals surface area contributed by atoms with Gasteiger partial charge in [-0.25, -0.2) is 0 Å². The molecule has 6 heteroatoms. The van der Waals surface area contributed by atoms with Crippen molar-refractivity contribution >= 4 is 23.2 Å². The molecule has 0 heterocycles. The lowest BCUT2D eigenvalue weighted by molar-refractivity contribution is -0.917. The number of amides is 2. The highest BCUT2D eigenvalue weighted by molar-refractivity contribution is 5.94. The minimum absolute atomic E-state index is 0.0772. The molecule has 0 saturated heterocycles. The van der Waals surface area contributed by atoms with Gasteiger partial charge in [0.2, 0.25) is 5.91 Å². The van der Waals surface area contributed by atoms with Crippen LogP contribution < -0.4 is 10.6 Å². The number of carbonyl (C=O) groups is 2. The zero-order chi connectivity index (χ0) is 30.3. The second-order valence-electron chi connectivity index (χ2n) is 11.9. The zero-order valence-corrected chi connectivity index (χ0v) is 27.1. The first kappa shape index (κ1) is 34.5. The van der Waals surface area contributed by atoms with Crippen LogP contribution in [0.25, 0.3) is 0 Å². The summed E-state index contributed by atoms with van der Waals surface area (Å²) in [6, 6.07) is 12.3. The van der Waals surface area contributed by atoms with Crippen LogP contribution in [-0.2, 0) is 9.59 Å². The van der Waals surface area contributed by atoms with Gasteiger partial charge in [0.15, 0.2) is 6.54 Å². The number of hydrogen-bond donors (Lipinski definition) is 2. The Bertz CT molecular complexity index is 1050. The first-order valence-electron chi connectivity index (χ1n) is 15.9. The van der Waals surface area contributed by atoms with Crippen LogP contribution in [0, 0.1) is 27.7 Å². The Hall–Kier alpha value is -2.70. The lowest BCUT2D eigenvalue weighted by Crippen LogP contribution is -2.52. The van der Waals surface area contributed by atoms with Gasteiger partial charge in [0.1, 0.15) is 0 Å². The van der Waals surface area contributed by atoms with Crippen molar-refractivity contribution in [1.29, 1.82) is 0 Å². The quantitative estimate of drug-likeness (QED) is 0.138. The van der Waals surface area contributed by atoms with E-state index in [1.165, 1.54) is 19.3 Å². The maximum absolute atomic E-state index is 13.0. The van der Waals surface area contributed by atoms with E-state index in [2.05, 4.69) is 62.3 Å². The van der Waals surface area contributed by atoms with Gasteiger partial charge < -0.3 is 15.1 Å². The molecule has 2 N–H and O–H groups in total. The molecule has 6 nitrogen and oxygen atoms in total. The van der Waals surface area contributed by atoms with Crippen molar-refractivity contribution < 1.29 is 14.1 Å². The van der Waals surface area contributed by atoms with Gasteiger partial charge in [-0.05, 0) is 103 Å². The van der Waals surface area contributed by atoms with Crippen molar-refractivity contribution in [2.24, 2.45) is 0 Å². The van der Waals surface area contributed by atoms with Crippen molar-refractivity contribution in [3.8, 4) is 0 Å². The largest absolute Gasteiger partial charge is 0.324 e. The molecule has 41 heavy (non-hydrogen) atoms. The second kappa shape index (κ2) is 18.0. The molecule has 0 unspecified atom stereocenters. The number of carbonyl (C=O) groups excluding carboxylic acids is 2. The van der Waals surface area contributed by atoms with Gasteiger partial charge in [-0.15, -0.1) is 0 Å². The zero-order valence-electron chi connectivity index (χ0n) is 27.1. The Morgan fingerprint density at radius 1 is 0.659 bits per heavy atom. The highest BCUT2D eigenvalue weighted by atomic mass is 16.2. The maximum atomic E-state index is 13.0. The predicted molar refractivity (Wildman–Crippen MR) is 175 cm³/mol. The molecule has 0 bridgehead atoms. The van der Waals surface area contributed by atoms with E-state index in [0.717, 1.165) is 96.5 Å². The molecule has 0 spiro atoms. The fourth-order valence-electron chi connectivity index (χ4n) is 5.70. The molecular formula is C35H57N4O2+. The van der Waals surface area contributed by atoms with Gasteiger partial charge in [-0.1, -0.05) is 62.6 Å². The van der Waals surface area contributed by atoms with Crippen molar-refractivity contribution in [2.75, 3.05) is 56.4 Å². The van der Waals surface area contributed by atoms with E-state index < -0.39 is 0 Å². The van der Waals surface area contributed by atoms with Gasteiger partial charge in [-0.2, -0.15) is 0 Å². The number of anilines is 2. The molecule has 0 fully saturated rings. The molecule has 0 aliphatic carbocycles. The van der Waals surface area contributed by atoms with E-state index in [1.807, 2.05) is 38.1 Å². The van der Waals surface area contributed by atoms with Crippen LogP contribution in [0.2, 0.25) is 0 Å². The van der Waals surface area contributed by atoms with E-state index >= 15 is 0 Å². The Balaban J connectivity index is 1.76. The van der Waals surface area contributed by atoms with Crippen molar-refractivity contribution in [3.05, 3.63) is 58.7 Å². The third-order valence-electron chi connectivity index (χ3n) is 8.61. The number of unbranched alkanes of at least 4 members (excludes halogenated alkanes) is 5. The Kier molecular flexibility index (Phi) is 15.1. The molecule has 0 atom stereocenters. The summed E-state index contributed by atoms with van der Waals surface area (Å²) < 4.78 is 0.830. The number of nitrogens with zero attached hydrogens (tertiary/aromatic N) is 2. The minimum Gasteiger partial charge on any atom is -0.324 e. The second-order valence-corrected chi connectivity index (χ2v) is 11.9. The summed E-state index contributed by atoms with van der Waals surface area (Å²) in [4.78, 5) is 28.2. The van der Waals surface area contributed by atoms with Gasteiger partial charge in [0.25, 0.3) is 5.91 Å². The fraction of sp³-hybridized carbons (Fsp3) is 0.600. The van der Waals surface area contributed by atoms with Gasteiger partial charge >= 0.3 is 0 Å². The van der Waals surface area contributed by atoms with Crippen LogP contribution in [0.1, 0.15) is 88.0 Å². The average molecular weight is 566 g/mol. The Morgan fingerprint density at radius 2 is 1.12 bits per heavy atom. The minimum atomic E-state index is 0.0772. The standard InChI is InChI=1S/C35H56N4O2/c1-8-11-23-38(26-32(40)36-34-28(4)19-17-20-29(34)5)24-15-13-12-14-16-25-39(9-2,10-3)27-33(41)37-35-30(6)21-18-22-31(35)7/h17-22H,8-16,23-27H2,1-7H3,(H-,36,37,40,41)/p+1. The van der Waals surface area contributed by atoms with Crippen molar-refractivity contribution in [2.45, 2.75) is 93.4 Å². The SMILES string of the molecule is CCCCN(CCCCCCC[N+](CC)(CC)CC(=O)Nc1c(C)cccc1C)CC(=O)Nc1c(C)cccc1C. The van der Waals surface area contributed by atoms with Crippen LogP contribution in [0.4, 0.5) is 11.4 Å². The smallest absolute Gasteiger partial charge is 0.279 e. The number of rotatable bonds is 19. The van der Waals surface area contributed by atoms with Crippen LogP contribution in [-0.4, -0.2) is 67.0 Å². The van der Waals surface area contributed by atoms with Crippen molar-refractivity contribution in [1.82, 2.24) is 4.90 Å². The molecule has 0 aliphatic heterocycles. The van der Waals surface area contributed by atoms with Crippen LogP contribution in [0.15, 0.2) is 36.4 Å². The normalized spacial score (nSPS) is 11.6. The van der Waals surface area contributed by atoms with E-state index in [4.69, 9.17) is 0 Å². The van der Waals surface area contributed by atoms with E-state index in [9.17, 15) is 9.59 Å². The third kappa shape index (κ3) is 11.6. The summed E-state index contributed by atoms with van der Waals surface area (Å²) in [5.41, 5.74) is 6.34. The number of para-hydroxylation sites is 2. The lowest BCUT2D eigenvalue weighted by Gasteiger charge is -2.36. The predicted octanol–water partition coefficient (Wildman–Crippen LogP) is 7.41. The Labute approximate surface area is 250 Å². The molecule has 2 rings (SSSR count). The molecular weight excluding hydrogens is 508 g/mol. The summed E-state index contributed by atoms with van der Waals surface area (Å²) in [7, 11) is 0. The summed E-state index contributed by atoms with van der Waals surface area (Å²) in [5.74, 6) is 0.188. The number of nitrogens with one attached hydrogen (secondary N) is 2. The molecule has 0 saturated carbocycles. The molecule has 2 aromatic rings. The number of benzene rings is 2. The number of hydrogen-bond acceptors (Lipinski definition) is 3. The van der Waals surface area contributed by atoms with Crippen molar-refractivity contribution in [3.63, 3.8) is 0 Å². The summed E-state index contributed by atoms with van der Waals surface area (Å²) in [5, 5.41) is 6.34. The molecule has 2 amide bonds. The highest BCUT2D eigenvalue weighted by Gasteiger charge is 2.27. The van der Waals surface area contributed by atoms with Gasteiger partial charge in [0, 0.05) is 11.4 Å². The lowest BCUT2D eigenvalue weighted by atomic mass is 10.1. The average Bonchev–Trinajstić information content (AvgIpc) is 2.94. The summed E-state index contributed by atoms with van der Waals surface area (Å²) in [6.45, 7) is 20.7. The number of quaternary nitrogens is 1. The van der Waals surface area contributed by atoms with Gasteiger partial charge in [-0.3, -0.25) is 14.5 Å². The molecule has 2 aromatic carbocycles. The fourth-order valence-corrected chi connectivity index (χ4v) is 5.70. The summed E-state index contributed by atoms with van der Waals surface area (Å²) >= 11 is 0.